The number of likely N-dealkylation sites (tertiary alicyclic amines) is 1. The minimum atomic E-state index is -0.991. The van der Waals surface area contributed by atoms with E-state index in [-0.39, 0.29) is 23.8 Å². The first kappa shape index (κ1) is 21.4. The van der Waals surface area contributed by atoms with Crippen molar-refractivity contribution >= 4 is 29.5 Å². The van der Waals surface area contributed by atoms with E-state index >= 15 is 0 Å². The molecule has 2 fully saturated rings. The van der Waals surface area contributed by atoms with Gasteiger partial charge in [-0.25, -0.2) is 14.8 Å². The van der Waals surface area contributed by atoms with E-state index in [0.29, 0.717) is 24.1 Å². The van der Waals surface area contributed by atoms with Crippen LogP contribution in [-0.4, -0.2) is 76.1 Å². The lowest BCUT2D eigenvalue weighted by Crippen LogP contribution is -2.44. The fourth-order valence-corrected chi connectivity index (χ4v) is 4.70. The van der Waals surface area contributed by atoms with E-state index in [4.69, 9.17) is 11.6 Å². The number of aromatic nitrogens is 2. The molecular weight excluding hydrogens is 418 g/mol. The molecule has 8 nitrogen and oxygen atoms in total. The molecule has 1 aromatic carbocycles. The molecule has 0 unspecified atom stereocenters. The molecule has 1 N–H and O–H groups in total. The Bertz CT molecular complexity index is 919. The predicted molar refractivity (Wildman–Crippen MR) is 117 cm³/mol. The number of piperidine rings is 1. The topological polar surface area (TPSA) is 89.9 Å². The van der Waals surface area contributed by atoms with Gasteiger partial charge in [-0.1, -0.05) is 23.7 Å². The molecule has 0 spiro atoms. The van der Waals surface area contributed by atoms with Gasteiger partial charge in [-0.05, 0) is 36.6 Å². The van der Waals surface area contributed by atoms with Gasteiger partial charge in [0.2, 0.25) is 11.9 Å². The van der Waals surface area contributed by atoms with Gasteiger partial charge in [-0.2, -0.15) is 0 Å². The molecule has 2 aliphatic rings. The zero-order chi connectivity index (χ0) is 22.0. The molecule has 2 aliphatic heterocycles. The Morgan fingerprint density at radius 3 is 2.35 bits per heavy atom. The minimum absolute atomic E-state index is 0.0697. The Morgan fingerprint density at radius 2 is 1.74 bits per heavy atom. The molecule has 164 valence electrons. The molecule has 0 radical (unpaired) electrons. The monoisotopic (exact) mass is 443 g/mol. The summed E-state index contributed by atoms with van der Waals surface area (Å²) in [6, 6.07) is 8.94. The molecular formula is C22H26ClN5O3. The summed E-state index contributed by atoms with van der Waals surface area (Å²) in [4.78, 5) is 38.8. The highest BCUT2D eigenvalue weighted by molar-refractivity contribution is 6.30. The van der Waals surface area contributed by atoms with Gasteiger partial charge in [0.1, 0.15) is 0 Å². The van der Waals surface area contributed by atoms with Crippen molar-refractivity contribution in [2.45, 2.75) is 24.8 Å². The summed E-state index contributed by atoms with van der Waals surface area (Å²) in [7, 11) is 1.57. The van der Waals surface area contributed by atoms with Gasteiger partial charge in [0.05, 0.1) is 6.04 Å². The number of hydrogen-bond acceptors (Lipinski definition) is 5. The Labute approximate surface area is 186 Å². The highest BCUT2D eigenvalue weighted by atomic mass is 35.5. The third-order valence-corrected chi connectivity index (χ3v) is 6.63. The van der Waals surface area contributed by atoms with Gasteiger partial charge in [0.25, 0.3) is 0 Å². The smallest absolute Gasteiger partial charge is 0.407 e. The molecule has 31 heavy (non-hydrogen) atoms. The number of likely N-dealkylation sites (N-methyl/N-ethyl adjacent to an activating group) is 1. The highest BCUT2D eigenvalue weighted by Gasteiger charge is 2.42. The third kappa shape index (κ3) is 4.58. The largest absolute Gasteiger partial charge is 0.465 e. The first-order valence-electron chi connectivity index (χ1n) is 10.5. The van der Waals surface area contributed by atoms with Gasteiger partial charge in [-0.3, -0.25) is 4.79 Å². The summed E-state index contributed by atoms with van der Waals surface area (Å²) < 4.78 is 0. The van der Waals surface area contributed by atoms with Crippen LogP contribution in [0.15, 0.2) is 42.7 Å². The van der Waals surface area contributed by atoms with E-state index in [1.807, 2.05) is 17.0 Å². The number of carboxylic acid groups (broad SMARTS) is 1. The van der Waals surface area contributed by atoms with Crippen LogP contribution in [0.25, 0.3) is 0 Å². The van der Waals surface area contributed by atoms with Crippen molar-refractivity contribution in [3.8, 4) is 0 Å². The maximum atomic E-state index is 13.3. The SMILES string of the molecule is CN(C(=O)O)[C@@H]1CN(C(=O)C2CCN(c3ncccn3)CC2)C[C@H]1c1ccc(Cl)cc1. The van der Waals surface area contributed by atoms with Crippen LogP contribution in [0.3, 0.4) is 0 Å². The molecule has 2 amide bonds. The van der Waals surface area contributed by atoms with Crippen LogP contribution >= 0.6 is 11.6 Å². The van der Waals surface area contributed by atoms with Crippen molar-refractivity contribution in [3.05, 3.63) is 53.3 Å². The second kappa shape index (κ2) is 9.09. The maximum Gasteiger partial charge on any atom is 0.407 e. The highest BCUT2D eigenvalue weighted by Crippen LogP contribution is 2.33. The van der Waals surface area contributed by atoms with Crippen LogP contribution < -0.4 is 4.90 Å². The summed E-state index contributed by atoms with van der Waals surface area (Å²) >= 11 is 6.02. The summed E-state index contributed by atoms with van der Waals surface area (Å²) in [5, 5.41) is 10.2. The standard InChI is InChI=1S/C22H26ClN5O3/c1-26(22(30)31)19-14-28(13-18(19)15-3-5-17(23)6-4-15)20(29)16-7-11-27(12-8-16)21-24-9-2-10-25-21/h2-6,9-10,16,18-19H,7-8,11-14H2,1H3,(H,30,31)/t18-,19+/m0/s1. The number of benzene rings is 1. The van der Waals surface area contributed by atoms with Crippen molar-refractivity contribution < 1.29 is 14.7 Å². The zero-order valence-electron chi connectivity index (χ0n) is 17.4. The normalized spacial score (nSPS) is 21.9. The molecule has 3 heterocycles. The van der Waals surface area contributed by atoms with E-state index in [2.05, 4.69) is 14.9 Å². The molecule has 1 aromatic heterocycles. The molecule has 0 aliphatic carbocycles. The van der Waals surface area contributed by atoms with Crippen LogP contribution in [0.1, 0.15) is 24.3 Å². The second-order valence-corrected chi connectivity index (χ2v) is 8.61. The average Bonchev–Trinajstić information content (AvgIpc) is 3.24. The zero-order valence-corrected chi connectivity index (χ0v) is 18.1. The number of carbonyl (C=O) groups excluding carboxylic acids is 1. The van der Waals surface area contributed by atoms with Crippen LogP contribution in [0.2, 0.25) is 5.02 Å². The van der Waals surface area contributed by atoms with E-state index in [1.54, 1.807) is 37.6 Å². The number of halogens is 1. The number of hydrogen-bond donors (Lipinski definition) is 1. The van der Waals surface area contributed by atoms with Gasteiger partial charge in [0, 0.05) is 62.5 Å². The second-order valence-electron chi connectivity index (χ2n) is 8.17. The quantitative estimate of drug-likeness (QED) is 0.781. The Hall–Kier alpha value is -2.87. The summed E-state index contributed by atoms with van der Waals surface area (Å²) in [6.07, 6.45) is 3.92. The lowest BCUT2D eigenvalue weighted by Gasteiger charge is -2.33. The van der Waals surface area contributed by atoms with E-state index in [0.717, 1.165) is 31.5 Å². The van der Waals surface area contributed by atoms with Crippen LogP contribution in [0.5, 0.6) is 0 Å². The Kier molecular flexibility index (Phi) is 6.27. The number of amides is 2. The molecule has 0 bridgehead atoms. The van der Waals surface area contributed by atoms with Crippen LogP contribution in [0, 0.1) is 5.92 Å². The summed E-state index contributed by atoms with van der Waals surface area (Å²) in [5.74, 6) is 0.647. The van der Waals surface area contributed by atoms with Crippen molar-refractivity contribution in [2.75, 3.05) is 38.1 Å². The van der Waals surface area contributed by atoms with Crippen molar-refractivity contribution in [2.24, 2.45) is 5.92 Å². The van der Waals surface area contributed by atoms with Gasteiger partial charge in [0.15, 0.2) is 0 Å². The number of anilines is 1. The molecule has 4 rings (SSSR count). The fraction of sp³-hybridized carbons (Fsp3) is 0.455. The first-order chi connectivity index (χ1) is 14.9. The van der Waals surface area contributed by atoms with E-state index < -0.39 is 6.09 Å². The number of carbonyl (C=O) groups is 2. The number of rotatable bonds is 4. The maximum absolute atomic E-state index is 13.3. The molecule has 2 saturated heterocycles. The van der Waals surface area contributed by atoms with Gasteiger partial charge < -0.3 is 19.8 Å². The molecule has 2 aromatic rings. The third-order valence-electron chi connectivity index (χ3n) is 6.38. The first-order valence-corrected chi connectivity index (χ1v) is 10.8. The Morgan fingerprint density at radius 1 is 1.10 bits per heavy atom. The minimum Gasteiger partial charge on any atom is -0.465 e. The summed E-state index contributed by atoms with van der Waals surface area (Å²) in [5.41, 5.74) is 0.994. The molecule has 9 heteroatoms. The Balaban J connectivity index is 1.44. The van der Waals surface area contributed by atoms with E-state index in [9.17, 15) is 14.7 Å². The number of nitrogens with zero attached hydrogens (tertiary/aromatic N) is 5. The predicted octanol–water partition coefficient (Wildman–Crippen LogP) is 2.95. The molecule has 2 atom stereocenters. The van der Waals surface area contributed by atoms with Crippen LogP contribution in [-0.2, 0) is 4.79 Å². The van der Waals surface area contributed by atoms with Gasteiger partial charge >= 0.3 is 6.09 Å². The average molecular weight is 444 g/mol. The summed E-state index contributed by atoms with van der Waals surface area (Å²) in [6.45, 7) is 2.36. The lowest BCUT2D eigenvalue weighted by atomic mass is 9.93. The fourth-order valence-electron chi connectivity index (χ4n) is 4.58. The molecule has 0 saturated carbocycles. The lowest BCUT2D eigenvalue weighted by molar-refractivity contribution is -0.135. The van der Waals surface area contributed by atoms with Crippen molar-refractivity contribution in [1.29, 1.82) is 0 Å². The van der Waals surface area contributed by atoms with Crippen molar-refractivity contribution in [3.63, 3.8) is 0 Å². The van der Waals surface area contributed by atoms with Gasteiger partial charge in [-0.15, -0.1) is 0 Å². The van der Waals surface area contributed by atoms with E-state index in [1.165, 1.54) is 4.90 Å². The van der Waals surface area contributed by atoms with Crippen LogP contribution in [0.4, 0.5) is 10.7 Å². The van der Waals surface area contributed by atoms with Crippen molar-refractivity contribution in [1.82, 2.24) is 19.8 Å².